The van der Waals surface area contributed by atoms with E-state index in [0.717, 1.165) is 38.5 Å². The molecule has 6 N–H and O–H groups in total. The van der Waals surface area contributed by atoms with Crippen LogP contribution in [0.25, 0.3) is 0 Å². The molecule has 1 fully saturated rings. The minimum atomic E-state index is -1.57. The van der Waals surface area contributed by atoms with Gasteiger partial charge in [-0.3, -0.25) is 4.79 Å². The van der Waals surface area contributed by atoms with Crippen molar-refractivity contribution < 1.29 is 39.8 Å². The fraction of sp³-hybridized carbons (Fsp3) is 0.915. The standard InChI is InChI=1S/C59H113NO8/c1-3-5-7-9-11-13-15-16-17-18-19-20-21-22-23-24-25-26-27-28-29-30-31-32-33-34-35-36-37-39-41-43-45-47-49-55(63)60-52(51-67-59-58(66)57(65)56(64)54(50-61)68-59)53(62)48-46-44-42-40-38-14-12-10-8-6-4-2/h38,40,46,48,52-54,56-59,61-62,64-66H,3-37,39,41-45,47,49-51H2,1-2H3,(H,60,63)/b40-38+,48-46+. The van der Waals surface area contributed by atoms with E-state index < -0.39 is 49.5 Å². The molecule has 1 amide bonds. The Kier molecular flexibility index (Phi) is 46.9. The summed E-state index contributed by atoms with van der Waals surface area (Å²) < 4.78 is 11.2. The van der Waals surface area contributed by atoms with Gasteiger partial charge < -0.3 is 40.3 Å². The predicted octanol–water partition coefficient (Wildman–Crippen LogP) is 14.6. The van der Waals surface area contributed by atoms with E-state index in [1.807, 2.05) is 6.08 Å². The molecule has 0 spiro atoms. The van der Waals surface area contributed by atoms with Crippen molar-refractivity contribution in [2.45, 2.75) is 333 Å². The maximum Gasteiger partial charge on any atom is 0.220 e. The number of aliphatic hydroxyl groups is 5. The van der Waals surface area contributed by atoms with Gasteiger partial charge in [-0.25, -0.2) is 0 Å². The predicted molar refractivity (Wildman–Crippen MR) is 286 cm³/mol. The van der Waals surface area contributed by atoms with Crippen molar-refractivity contribution in [2.75, 3.05) is 13.2 Å². The molecule has 7 atom stereocenters. The molecule has 0 aromatic carbocycles. The molecule has 1 aliphatic rings. The molecule has 1 heterocycles. The van der Waals surface area contributed by atoms with Gasteiger partial charge in [0, 0.05) is 6.42 Å². The maximum absolute atomic E-state index is 13.0. The van der Waals surface area contributed by atoms with Gasteiger partial charge in [-0.15, -0.1) is 0 Å². The smallest absolute Gasteiger partial charge is 0.220 e. The van der Waals surface area contributed by atoms with E-state index in [2.05, 4.69) is 31.3 Å². The zero-order chi connectivity index (χ0) is 49.4. The highest BCUT2D eigenvalue weighted by Crippen LogP contribution is 2.23. The molecule has 0 aromatic heterocycles. The van der Waals surface area contributed by atoms with Gasteiger partial charge in [-0.2, -0.15) is 0 Å². The molecular formula is C59H113NO8. The lowest BCUT2D eigenvalue weighted by molar-refractivity contribution is -0.302. The Morgan fingerprint density at radius 3 is 1.24 bits per heavy atom. The van der Waals surface area contributed by atoms with E-state index in [1.165, 1.54) is 231 Å². The maximum atomic E-state index is 13.0. The molecule has 9 heteroatoms. The summed E-state index contributed by atoms with van der Waals surface area (Å²) in [5, 5.41) is 54.3. The number of nitrogens with one attached hydrogen (secondary N) is 1. The Labute approximate surface area is 419 Å². The second-order valence-electron chi connectivity index (χ2n) is 20.8. The Balaban J connectivity index is 2.06. The SMILES string of the molecule is CCCCCCC/C=C/CC/C=C/C(O)C(COC1OC(CO)C(O)C(O)C1O)NC(=O)CCCCCCCCCCCCCCCCCCCCCCCCCCCCCCCCCCCC. The molecule has 1 saturated heterocycles. The van der Waals surface area contributed by atoms with E-state index in [4.69, 9.17) is 9.47 Å². The highest BCUT2D eigenvalue weighted by atomic mass is 16.7. The van der Waals surface area contributed by atoms with Crippen LogP contribution in [-0.4, -0.2) is 87.5 Å². The molecule has 0 saturated carbocycles. The molecular weight excluding hydrogens is 851 g/mol. The number of carbonyl (C=O) groups is 1. The third kappa shape index (κ3) is 38.4. The first-order chi connectivity index (χ1) is 33.3. The summed E-state index contributed by atoms with van der Waals surface area (Å²) in [5.41, 5.74) is 0. The zero-order valence-electron chi connectivity index (χ0n) is 44.6. The third-order valence-corrected chi connectivity index (χ3v) is 14.3. The van der Waals surface area contributed by atoms with Crippen molar-refractivity contribution in [3.05, 3.63) is 24.3 Å². The Morgan fingerprint density at radius 2 is 0.838 bits per heavy atom. The van der Waals surface area contributed by atoms with Gasteiger partial charge >= 0.3 is 0 Å². The number of hydrogen-bond acceptors (Lipinski definition) is 8. The molecule has 7 unspecified atom stereocenters. The quantitative estimate of drug-likeness (QED) is 0.0261. The number of carbonyl (C=O) groups excluding carboxylic acids is 1. The Bertz CT molecular complexity index is 1120. The minimum Gasteiger partial charge on any atom is -0.394 e. The van der Waals surface area contributed by atoms with Gasteiger partial charge in [0.1, 0.15) is 24.4 Å². The lowest BCUT2D eigenvalue weighted by Gasteiger charge is -2.40. The van der Waals surface area contributed by atoms with Crippen LogP contribution in [0.1, 0.15) is 290 Å². The van der Waals surface area contributed by atoms with Crippen LogP contribution in [0.2, 0.25) is 0 Å². The minimum absolute atomic E-state index is 0.183. The molecule has 1 rings (SSSR count). The lowest BCUT2D eigenvalue weighted by Crippen LogP contribution is -2.60. The molecule has 68 heavy (non-hydrogen) atoms. The van der Waals surface area contributed by atoms with Gasteiger partial charge in [0.25, 0.3) is 0 Å². The van der Waals surface area contributed by atoms with Crippen LogP contribution in [0.15, 0.2) is 24.3 Å². The molecule has 0 bridgehead atoms. The van der Waals surface area contributed by atoms with Crippen LogP contribution >= 0.6 is 0 Å². The molecule has 9 nitrogen and oxygen atoms in total. The molecule has 1 aliphatic heterocycles. The average molecular weight is 965 g/mol. The van der Waals surface area contributed by atoms with Crippen molar-refractivity contribution in [3.63, 3.8) is 0 Å². The van der Waals surface area contributed by atoms with E-state index in [0.29, 0.717) is 6.42 Å². The number of rotatable bonds is 51. The number of hydrogen-bond donors (Lipinski definition) is 6. The number of ether oxygens (including phenoxy) is 2. The van der Waals surface area contributed by atoms with Gasteiger partial charge in [0.15, 0.2) is 6.29 Å². The van der Waals surface area contributed by atoms with E-state index in [9.17, 15) is 30.3 Å². The third-order valence-electron chi connectivity index (χ3n) is 14.3. The van der Waals surface area contributed by atoms with Crippen LogP contribution in [0.4, 0.5) is 0 Å². The highest BCUT2D eigenvalue weighted by Gasteiger charge is 2.44. The summed E-state index contributed by atoms with van der Waals surface area (Å²) in [6.07, 6.45) is 55.8. The van der Waals surface area contributed by atoms with Crippen LogP contribution in [0.3, 0.4) is 0 Å². The summed E-state index contributed by atoms with van der Waals surface area (Å²) >= 11 is 0. The van der Waals surface area contributed by atoms with Gasteiger partial charge in [-0.1, -0.05) is 276 Å². The number of unbranched alkanes of at least 4 members (excludes halogenated alkanes) is 39. The highest BCUT2D eigenvalue weighted by molar-refractivity contribution is 5.76. The van der Waals surface area contributed by atoms with Gasteiger partial charge in [-0.05, 0) is 32.1 Å². The zero-order valence-corrected chi connectivity index (χ0v) is 44.6. The summed E-state index contributed by atoms with van der Waals surface area (Å²) in [6.45, 7) is 3.76. The second-order valence-corrected chi connectivity index (χ2v) is 20.8. The van der Waals surface area contributed by atoms with Crippen molar-refractivity contribution >= 4 is 5.91 Å². The Morgan fingerprint density at radius 1 is 0.485 bits per heavy atom. The summed E-state index contributed by atoms with van der Waals surface area (Å²) in [6, 6.07) is -0.817. The Hall–Kier alpha value is -1.33. The van der Waals surface area contributed by atoms with Gasteiger partial charge in [0.05, 0.1) is 25.4 Å². The summed E-state index contributed by atoms with van der Waals surface area (Å²) in [7, 11) is 0. The molecule has 0 aromatic rings. The molecule has 402 valence electrons. The van der Waals surface area contributed by atoms with Crippen LogP contribution in [0, 0.1) is 0 Å². The fourth-order valence-electron chi connectivity index (χ4n) is 9.59. The summed E-state index contributed by atoms with van der Waals surface area (Å²) in [4.78, 5) is 13.0. The van der Waals surface area contributed by atoms with Crippen molar-refractivity contribution in [2.24, 2.45) is 0 Å². The number of allylic oxidation sites excluding steroid dienone is 3. The first-order valence-electron chi connectivity index (χ1n) is 29.6. The van der Waals surface area contributed by atoms with E-state index >= 15 is 0 Å². The molecule has 0 aliphatic carbocycles. The number of aliphatic hydroxyl groups excluding tert-OH is 5. The van der Waals surface area contributed by atoms with Gasteiger partial charge in [0.2, 0.25) is 5.91 Å². The monoisotopic (exact) mass is 964 g/mol. The normalized spacial score (nSPS) is 19.7. The van der Waals surface area contributed by atoms with Crippen LogP contribution in [-0.2, 0) is 14.3 Å². The van der Waals surface area contributed by atoms with Crippen LogP contribution in [0.5, 0.6) is 0 Å². The first-order valence-corrected chi connectivity index (χ1v) is 29.6. The molecule has 0 radical (unpaired) electrons. The van der Waals surface area contributed by atoms with Crippen molar-refractivity contribution in [3.8, 4) is 0 Å². The summed E-state index contributed by atoms with van der Waals surface area (Å²) in [5.74, 6) is -0.183. The fourth-order valence-corrected chi connectivity index (χ4v) is 9.59. The topological polar surface area (TPSA) is 149 Å². The largest absolute Gasteiger partial charge is 0.394 e. The average Bonchev–Trinajstić information content (AvgIpc) is 3.34. The van der Waals surface area contributed by atoms with Crippen molar-refractivity contribution in [1.29, 1.82) is 0 Å². The number of amides is 1. The van der Waals surface area contributed by atoms with E-state index in [-0.39, 0.29) is 12.5 Å². The second kappa shape index (κ2) is 49.3. The van der Waals surface area contributed by atoms with Crippen molar-refractivity contribution in [1.82, 2.24) is 5.32 Å². The lowest BCUT2D eigenvalue weighted by atomic mass is 9.99. The first kappa shape index (κ1) is 64.7. The van der Waals surface area contributed by atoms with Crippen LogP contribution < -0.4 is 5.32 Å². The van der Waals surface area contributed by atoms with E-state index in [1.54, 1.807) is 6.08 Å².